The summed E-state index contributed by atoms with van der Waals surface area (Å²) >= 11 is 0. The van der Waals surface area contributed by atoms with Crippen LogP contribution in [0.1, 0.15) is 13.3 Å². The predicted molar refractivity (Wildman–Crippen MR) is 40.9 cm³/mol. The highest BCUT2D eigenvalue weighted by Crippen LogP contribution is 1.78. The lowest BCUT2D eigenvalue weighted by molar-refractivity contribution is 1.30. The van der Waals surface area contributed by atoms with Gasteiger partial charge in [-0.2, -0.15) is 0 Å². The molecule has 0 radical (unpaired) electrons. The Morgan fingerprint density at radius 2 is 2.33 bits per heavy atom. The Kier molecular flexibility index (Phi) is 4.59. The first kappa shape index (κ1) is 8.01. The quantitative estimate of drug-likeness (QED) is 0.434. The molecule has 0 aromatic rings. The molecule has 0 aromatic carbocycles. The maximum absolute atomic E-state index is 6.82. The number of hydrogen-bond donors (Lipinski definition) is 1. The van der Waals surface area contributed by atoms with Gasteiger partial charge in [-0.05, 0) is 6.42 Å². The minimum Gasteiger partial charge on any atom is -0.307 e. The second kappa shape index (κ2) is 5.15. The zero-order chi connectivity index (χ0) is 7.11. The van der Waals surface area contributed by atoms with Crippen molar-refractivity contribution in [2.24, 2.45) is 9.98 Å². The summed E-state index contributed by atoms with van der Waals surface area (Å²) in [5.74, 6) is 0. The molecule has 0 rings (SSSR count). The summed E-state index contributed by atoms with van der Waals surface area (Å²) in [7, 11) is 1.65. The molecule has 0 aromatic heterocycles. The maximum atomic E-state index is 6.82. The van der Waals surface area contributed by atoms with Crippen molar-refractivity contribution in [3.63, 3.8) is 0 Å². The summed E-state index contributed by atoms with van der Waals surface area (Å²) in [6.07, 6.45) is 3.47. The van der Waals surface area contributed by atoms with E-state index < -0.39 is 0 Å². The van der Waals surface area contributed by atoms with Crippen LogP contribution in [-0.2, 0) is 0 Å². The van der Waals surface area contributed by atoms with Crippen LogP contribution in [0.15, 0.2) is 9.98 Å². The Morgan fingerprint density at radius 3 is 2.67 bits per heavy atom. The highest BCUT2D eigenvalue weighted by molar-refractivity contribution is 6.30. The third-order valence-corrected chi connectivity index (χ3v) is 0.868. The molecule has 3 nitrogen and oxygen atoms in total. The average Bonchev–Trinajstić information content (AvgIpc) is 1.91. The topological polar surface area (TPSA) is 48.6 Å². The van der Waals surface area contributed by atoms with Gasteiger partial charge in [0.2, 0.25) is 0 Å². The molecular formula is C6H11N3. The minimum atomic E-state index is 0.751. The van der Waals surface area contributed by atoms with Crippen molar-refractivity contribution < 1.29 is 0 Å². The predicted octanol–water partition coefficient (Wildman–Crippen LogP) is 1.15. The van der Waals surface area contributed by atoms with Crippen molar-refractivity contribution >= 4 is 18.3 Å². The monoisotopic (exact) mass is 125 g/mol. The van der Waals surface area contributed by atoms with Crippen LogP contribution in [0.25, 0.3) is 0 Å². The lowest BCUT2D eigenvalue weighted by Crippen LogP contribution is -1.95. The zero-order valence-electron chi connectivity index (χ0n) is 5.76. The van der Waals surface area contributed by atoms with Crippen LogP contribution in [0.3, 0.4) is 0 Å². The SMILES string of the molecule is CCC(C=N)=NC=NC. The highest BCUT2D eigenvalue weighted by Gasteiger charge is 1.83. The summed E-state index contributed by atoms with van der Waals surface area (Å²) in [6.45, 7) is 1.95. The van der Waals surface area contributed by atoms with Gasteiger partial charge in [0, 0.05) is 13.3 Å². The summed E-state index contributed by atoms with van der Waals surface area (Å²) in [6, 6.07) is 0. The smallest absolute Gasteiger partial charge is 0.109 e. The molecule has 0 unspecified atom stereocenters. The van der Waals surface area contributed by atoms with Crippen LogP contribution in [0.2, 0.25) is 0 Å². The van der Waals surface area contributed by atoms with Gasteiger partial charge in [-0.15, -0.1) is 0 Å². The molecule has 0 aliphatic carbocycles. The van der Waals surface area contributed by atoms with Gasteiger partial charge in [0.25, 0.3) is 0 Å². The van der Waals surface area contributed by atoms with E-state index >= 15 is 0 Å². The van der Waals surface area contributed by atoms with Crippen molar-refractivity contribution in [1.82, 2.24) is 0 Å². The van der Waals surface area contributed by atoms with Crippen molar-refractivity contribution in [3.05, 3.63) is 0 Å². The van der Waals surface area contributed by atoms with Gasteiger partial charge >= 0.3 is 0 Å². The van der Waals surface area contributed by atoms with Gasteiger partial charge in [0.05, 0.1) is 5.71 Å². The Bertz CT molecular complexity index is 135. The molecule has 0 saturated carbocycles. The molecule has 1 N–H and O–H groups in total. The number of nitrogens with zero attached hydrogens (tertiary/aromatic N) is 2. The number of hydrogen-bond acceptors (Lipinski definition) is 2. The van der Waals surface area contributed by atoms with E-state index in [1.54, 1.807) is 7.05 Å². The fourth-order valence-electron chi connectivity index (χ4n) is 0.363. The van der Waals surface area contributed by atoms with Gasteiger partial charge in [-0.25, -0.2) is 4.99 Å². The van der Waals surface area contributed by atoms with Crippen molar-refractivity contribution in [1.29, 1.82) is 5.41 Å². The van der Waals surface area contributed by atoms with E-state index in [9.17, 15) is 0 Å². The Morgan fingerprint density at radius 1 is 1.67 bits per heavy atom. The summed E-state index contributed by atoms with van der Waals surface area (Å²) in [5.41, 5.74) is 0.751. The van der Waals surface area contributed by atoms with E-state index in [1.807, 2.05) is 6.92 Å². The molecule has 0 aliphatic heterocycles. The molecule has 3 heteroatoms. The molecule has 0 saturated heterocycles. The Labute approximate surface area is 55.0 Å². The molecule has 0 heterocycles. The molecule has 0 spiro atoms. The van der Waals surface area contributed by atoms with Crippen LogP contribution in [-0.4, -0.2) is 25.3 Å². The van der Waals surface area contributed by atoms with Gasteiger partial charge < -0.3 is 5.41 Å². The van der Waals surface area contributed by atoms with Crippen LogP contribution in [0, 0.1) is 5.41 Å². The second-order valence-electron chi connectivity index (χ2n) is 1.49. The average molecular weight is 125 g/mol. The fraction of sp³-hybridized carbons (Fsp3) is 0.500. The van der Waals surface area contributed by atoms with E-state index in [1.165, 1.54) is 12.6 Å². The molecule has 0 atom stereocenters. The molecule has 0 bridgehead atoms. The largest absolute Gasteiger partial charge is 0.307 e. The van der Waals surface area contributed by atoms with Crippen LogP contribution >= 0.6 is 0 Å². The summed E-state index contributed by atoms with van der Waals surface area (Å²) < 4.78 is 0. The van der Waals surface area contributed by atoms with E-state index in [2.05, 4.69) is 9.98 Å². The van der Waals surface area contributed by atoms with E-state index in [4.69, 9.17) is 5.41 Å². The standard InChI is InChI=1S/C6H11N3/c1-3-6(4-7)9-5-8-2/h4-5,7H,3H2,1-2H3. The highest BCUT2D eigenvalue weighted by atomic mass is 14.8. The van der Waals surface area contributed by atoms with Crippen molar-refractivity contribution in [2.75, 3.05) is 7.05 Å². The van der Waals surface area contributed by atoms with Crippen molar-refractivity contribution in [2.45, 2.75) is 13.3 Å². The lowest BCUT2D eigenvalue weighted by atomic mass is 10.3. The molecular weight excluding hydrogens is 114 g/mol. The first-order chi connectivity index (χ1) is 4.35. The fourth-order valence-corrected chi connectivity index (χ4v) is 0.363. The maximum Gasteiger partial charge on any atom is 0.109 e. The molecule has 0 amide bonds. The summed E-state index contributed by atoms with van der Waals surface area (Å²) in [4.78, 5) is 7.52. The molecule has 50 valence electrons. The second-order valence-corrected chi connectivity index (χ2v) is 1.49. The lowest BCUT2D eigenvalue weighted by Gasteiger charge is -1.86. The minimum absolute atomic E-state index is 0.751. The zero-order valence-corrected chi connectivity index (χ0v) is 5.76. The third kappa shape index (κ3) is 3.58. The Balaban J connectivity index is 3.90. The van der Waals surface area contributed by atoms with E-state index in [0.29, 0.717) is 0 Å². The number of aliphatic imine (C=N–C) groups is 2. The molecule has 0 fully saturated rings. The van der Waals surface area contributed by atoms with Crippen LogP contribution in [0.4, 0.5) is 0 Å². The number of rotatable bonds is 3. The van der Waals surface area contributed by atoms with Crippen LogP contribution in [0.5, 0.6) is 0 Å². The van der Waals surface area contributed by atoms with E-state index in [0.717, 1.165) is 12.1 Å². The van der Waals surface area contributed by atoms with Gasteiger partial charge in [0.15, 0.2) is 0 Å². The first-order valence-electron chi connectivity index (χ1n) is 2.83. The van der Waals surface area contributed by atoms with Gasteiger partial charge in [-0.3, -0.25) is 4.99 Å². The first-order valence-corrected chi connectivity index (χ1v) is 2.83. The number of nitrogens with one attached hydrogen (secondary N) is 1. The summed E-state index contributed by atoms with van der Waals surface area (Å²) in [5, 5.41) is 6.82. The van der Waals surface area contributed by atoms with Gasteiger partial charge in [0.1, 0.15) is 6.34 Å². The van der Waals surface area contributed by atoms with E-state index in [-0.39, 0.29) is 0 Å². The Hall–Kier alpha value is -0.990. The third-order valence-electron chi connectivity index (χ3n) is 0.868. The van der Waals surface area contributed by atoms with Crippen LogP contribution < -0.4 is 0 Å². The van der Waals surface area contributed by atoms with Crippen molar-refractivity contribution in [3.8, 4) is 0 Å². The van der Waals surface area contributed by atoms with Gasteiger partial charge in [-0.1, -0.05) is 6.92 Å². The normalized spacial score (nSPS) is 12.4. The molecule has 9 heavy (non-hydrogen) atoms. The molecule has 0 aliphatic rings.